The van der Waals surface area contributed by atoms with Gasteiger partial charge in [-0.25, -0.2) is 14.2 Å². The molecule has 6 heteroatoms. The number of rotatable bonds is 3. The maximum absolute atomic E-state index is 13.1. The van der Waals surface area contributed by atoms with Crippen molar-refractivity contribution in [3.63, 3.8) is 0 Å². The summed E-state index contributed by atoms with van der Waals surface area (Å²) in [7, 11) is 0. The Morgan fingerprint density at radius 3 is 3.00 bits per heavy atom. The van der Waals surface area contributed by atoms with Crippen LogP contribution < -0.4 is 5.73 Å². The van der Waals surface area contributed by atoms with Crippen molar-refractivity contribution >= 4 is 23.0 Å². The lowest BCUT2D eigenvalue weighted by atomic mass is 10.2. The third kappa shape index (κ3) is 2.01. The first kappa shape index (κ1) is 12.3. The van der Waals surface area contributed by atoms with Crippen molar-refractivity contribution in [3.05, 3.63) is 24.0 Å². The maximum atomic E-state index is 13.1. The minimum Gasteiger partial charge on any atom is -0.464 e. The highest BCUT2D eigenvalue weighted by Crippen LogP contribution is 2.24. The van der Waals surface area contributed by atoms with E-state index >= 15 is 0 Å². The van der Waals surface area contributed by atoms with Gasteiger partial charge in [0.05, 0.1) is 17.6 Å². The Labute approximate surface area is 103 Å². The van der Waals surface area contributed by atoms with E-state index < -0.39 is 17.8 Å². The van der Waals surface area contributed by atoms with Crippen molar-refractivity contribution in [2.24, 2.45) is 0 Å². The molecule has 2 aromatic rings. The number of carbonyl (C=O) groups is 1. The van der Waals surface area contributed by atoms with Crippen LogP contribution in [0.2, 0.25) is 0 Å². The van der Waals surface area contributed by atoms with Gasteiger partial charge in [-0.2, -0.15) is 0 Å². The molecule has 2 N–H and O–H groups in total. The van der Waals surface area contributed by atoms with Gasteiger partial charge in [0, 0.05) is 6.07 Å². The molecule has 1 aromatic carbocycles. The van der Waals surface area contributed by atoms with Gasteiger partial charge in [-0.15, -0.1) is 0 Å². The fraction of sp³-hybridized carbons (Fsp3) is 0.333. The standard InChI is InChI=1S/C12H14FN3O2/c1-3-18-11(17)7(2)16-10-5-4-8(13)6-9(10)15-12(16)14/h4-7H,3H2,1-2H3,(H2,14,15). The number of imidazole rings is 1. The van der Waals surface area contributed by atoms with E-state index in [9.17, 15) is 9.18 Å². The first-order valence-electron chi connectivity index (χ1n) is 5.64. The Kier molecular flexibility index (Phi) is 3.18. The molecule has 1 atom stereocenters. The Bertz CT molecular complexity index is 594. The van der Waals surface area contributed by atoms with Gasteiger partial charge < -0.3 is 10.5 Å². The zero-order valence-corrected chi connectivity index (χ0v) is 10.2. The second-order valence-corrected chi connectivity index (χ2v) is 3.90. The van der Waals surface area contributed by atoms with E-state index in [1.165, 1.54) is 16.7 Å². The normalized spacial score (nSPS) is 12.6. The number of nitrogens with two attached hydrogens (primary N) is 1. The molecule has 1 unspecified atom stereocenters. The van der Waals surface area contributed by atoms with Gasteiger partial charge >= 0.3 is 5.97 Å². The van der Waals surface area contributed by atoms with Gasteiger partial charge in [-0.05, 0) is 26.0 Å². The van der Waals surface area contributed by atoms with Gasteiger partial charge in [-0.1, -0.05) is 0 Å². The quantitative estimate of drug-likeness (QED) is 0.845. The topological polar surface area (TPSA) is 70.1 Å². The van der Waals surface area contributed by atoms with E-state index in [0.717, 1.165) is 0 Å². The lowest BCUT2D eigenvalue weighted by Crippen LogP contribution is -2.20. The van der Waals surface area contributed by atoms with Gasteiger partial charge in [0.25, 0.3) is 0 Å². The Hall–Kier alpha value is -2.11. The van der Waals surface area contributed by atoms with Crippen LogP contribution in [0.5, 0.6) is 0 Å². The summed E-state index contributed by atoms with van der Waals surface area (Å²) in [5, 5.41) is 0. The first-order valence-corrected chi connectivity index (χ1v) is 5.64. The number of halogens is 1. The van der Waals surface area contributed by atoms with Crippen molar-refractivity contribution in [3.8, 4) is 0 Å². The summed E-state index contributed by atoms with van der Waals surface area (Å²) < 4.78 is 19.5. The van der Waals surface area contributed by atoms with Crippen molar-refractivity contribution in [2.75, 3.05) is 12.3 Å². The minimum atomic E-state index is -0.597. The summed E-state index contributed by atoms with van der Waals surface area (Å²) >= 11 is 0. The van der Waals surface area contributed by atoms with E-state index in [1.54, 1.807) is 19.9 Å². The average molecular weight is 251 g/mol. The summed E-state index contributed by atoms with van der Waals surface area (Å²) in [6, 6.07) is 3.53. The molecule has 1 heterocycles. The summed E-state index contributed by atoms with van der Waals surface area (Å²) in [5.74, 6) is -0.625. The molecule has 0 aliphatic carbocycles. The van der Waals surface area contributed by atoms with E-state index in [0.29, 0.717) is 17.6 Å². The predicted molar refractivity (Wildman–Crippen MR) is 65.4 cm³/mol. The number of anilines is 1. The van der Waals surface area contributed by atoms with Crippen molar-refractivity contribution in [1.82, 2.24) is 9.55 Å². The zero-order chi connectivity index (χ0) is 13.3. The molecule has 0 radical (unpaired) electrons. The highest BCUT2D eigenvalue weighted by atomic mass is 19.1. The average Bonchev–Trinajstić information content (AvgIpc) is 2.63. The largest absolute Gasteiger partial charge is 0.464 e. The molecule has 5 nitrogen and oxygen atoms in total. The molecule has 0 bridgehead atoms. The molecular weight excluding hydrogens is 237 g/mol. The lowest BCUT2D eigenvalue weighted by Gasteiger charge is -2.14. The second-order valence-electron chi connectivity index (χ2n) is 3.90. The van der Waals surface area contributed by atoms with Crippen LogP contribution in [-0.2, 0) is 9.53 Å². The molecule has 0 aliphatic heterocycles. The number of aromatic nitrogens is 2. The molecule has 0 saturated carbocycles. The Morgan fingerprint density at radius 2 is 2.33 bits per heavy atom. The number of fused-ring (bicyclic) bond motifs is 1. The molecular formula is C12H14FN3O2. The fourth-order valence-corrected chi connectivity index (χ4v) is 1.87. The maximum Gasteiger partial charge on any atom is 0.328 e. The van der Waals surface area contributed by atoms with Gasteiger partial charge in [0.15, 0.2) is 0 Å². The molecule has 0 spiro atoms. The van der Waals surface area contributed by atoms with Crippen LogP contribution >= 0.6 is 0 Å². The van der Waals surface area contributed by atoms with E-state index in [1.807, 2.05) is 0 Å². The lowest BCUT2D eigenvalue weighted by molar-refractivity contribution is -0.146. The Balaban J connectivity index is 2.50. The zero-order valence-electron chi connectivity index (χ0n) is 10.2. The molecule has 0 amide bonds. The monoisotopic (exact) mass is 251 g/mol. The molecule has 1 aromatic heterocycles. The molecule has 96 valence electrons. The third-order valence-corrected chi connectivity index (χ3v) is 2.69. The number of ether oxygens (including phenoxy) is 1. The third-order valence-electron chi connectivity index (χ3n) is 2.69. The Morgan fingerprint density at radius 1 is 1.61 bits per heavy atom. The van der Waals surface area contributed by atoms with Gasteiger partial charge in [0.1, 0.15) is 11.9 Å². The van der Waals surface area contributed by atoms with Crippen LogP contribution in [0, 0.1) is 5.82 Å². The summed E-state index contributed by atoms with van der Waals surface area (Å²) in [5.41, 5.74) is 6.79. The van der Waals surface area contributed by atoms with Crippen LogP contribution in [0.4, 0.5) is 10.3 Å². The van der Waals surface area contributed by atoms with Crippen LogP contribution in [-0.4, -0.2) is 22.1 Å². The number of nitrogens with zero attached hydrogens (tertiary/aromatic N) is 2. The first-order chi connectivity index (χ1) is 8.54. The smallest absolute Gasteiger partial charge is 0.328 e. The van der Waals surface area contributed by atoms with Crippen LogP contribution in [0.15, 0.2) is 18.2 Å². The number of hydrogen-bond acceptors (Lipinski definition) is 4. The highest BCUT2D eigenvalue weighted by molar-refractivity contribution is 5.83. The number of esters is 1. The van der Waals surface area contributed by atoms with Crippen LogP contribution in [0.1, 0.15) is 19.9 Å². The van der Waals surface area contributed by atoms with Gasteiger partial charge in [0.2, 0.25) is 5.95 Å². The highest BCUT2D eigenvalue weighted by Gasteiger charge is 2.21. The molecule has 18 heavy (non-hydrogen) atoms. The molecule has 0 aliphatic rings. The fourth-order valence-electron chi connectivity index (χ4n) is 1.87. The van der Waals surface area contributed by atoms with Crippen LogP contribution in [0.3, 0.4) is 0 Å². The summed E-state index contributed by atoms with van der Waals surface area (Å²) in [4.78, 5) is 15.7. The van der Waals surface area contributed by atoms with Crippen molar-refractivity contribution < 1.29 is 13.9 Å². The summed E-state index contributed by atoms with van der Waals surface area (Å²) in [6.07, 6.45) is 0. The summed E-state index contributed by atoms with van der Waals surface area (Å²) in [6.45, 7) is 3.69. The van der Waals surface area contributed by atoms with Crippen LogP contribution in [0.25, 0.3) is 11.0 Å². The molecule has 0 saturated heterocycles. The number of carbonyl (C=O) groups excluding carboxylic acids is 1. The van der Waals surface area contributed by atoms with E-state index in [-0.39, 0.29) is 5.95 Å². The number of nitrogen functional groups attached to an aromatic ring is 1. The number of benzene rings is 1. The van der Waals surface area contributed by atoms with Crippen molar-refractivity contribution in [1.29, 1.82) is 0 Å². The molecule has 0 fully saturated rings. The minimum absolute atomic E-state index is 0.163. The van der Waals surface area contributed by atoms with E-state index in [2.05, 4.69) is 4.98 Å². The SMILES string of the molecule is CCOC(=O)C(C)n1c(N)nc2cc(F)ccc21. The molecule has 2 rings (SSSR count). The predicted octanol–water partition coefficient (Wildman–Crippen LogP) is 1.88. The second kappa shape index (κ2) is 4.64. The van der Waals surface area contributed by atoms with Crippen molar-refractivity contribution in [2.45, 2.75) is 19.9 Å². The van der Waals surface area contributed by atoms with E-state index in [4.69, 9.17) is 10.5 Å². The number of hydrogen-bond donors (Lipinski definition) is 1. The van der Waals surface area contributed by atoms with Gasteiger partial charge in [-0.3, -0.25) is 4.57 Å².